The lowest BCUT2D eigenvalue weighted by atomic mass is 9.90. The van der Waals surface area contributed by atoms with Crippen molar-refractivity contribution in [3.8, 4) is 5.75 Å². The Kier molecular flexibility index (Phi) is 7.31. The molecule has 0 radical (unpaired) electrons. The van der Waals surface area contributed by atoms with E-state index in [1.54, 1.807) is 11.8 Å². The fraction of sp³-hybridized carbons (Fsp3) is 0.360. The van der Waals surface area contributed by atoms with Gasteiger partial charge in [-0.3, -0.25) is 4.90 Å². The summed E-state index contributed by atoms with van der Waals surface area (Å²) >= 11 is 3.61. The Labute approximate surface area is 182 Å². The van der Waals surface area contributed by atoms with E-state index in [1.807, 2.05) is 11.3 Å². The van der Waals surface area contributed by atoms with Crippen molar-refractivity contribution in [3.63, 3.8) is 0 Å². The van der Waals surface area contributed by atoms with E-state index < -0.39 is 0 Å². The first-order valence-electron chi connectivity index (χ1n) is 10.5. The lowest BCUT2D eigenvalue weighted by molar-refractivity contribution is 0.183. The number of thioether (sulfide) groups is 1. The number of benzene rings is 2. The zero-order valence-electron chi connectivity index (χ0n) is 17.0. The minimum atomic E-state index is 0.272. The molecule has 3 aromatic rings. The zero-order valence-corrected chi connectivity index (χ0v) is 18.7. The zero-order chi connectivity index (χ0) is 19.9. The summed E-state index contributed by atoms with van der Waals surface area (Å²) in [5, 5.41) is 2.16. The van der Waals surface area contributed by atoms with Crippen LogP contribution in [0.4, 0.5) is 0 Å². The van der Waals surface area contributed by atoms with E-state index in [1.165, 1.54) is 53.3 Å². The molecule has 2 aromatic carbocycles. The van der Waals surface area contributed by atoms with Crippen LogP contribution in [0.1, 0.15) is 41.2 Å². The van der Waals surface area contributed by atoms with Gasteiger partial charge in [-0.05, 0) is 79.0 Å². The molecule has 1 fully saturated rings. The fourth-order valence-electron chi connectivity index (χ4n) is 4.00. The second kappa shape index (κ2) is 10.3. The van der Waals surface area contributed by atoms with E-state index in [0.29, 0.717) is 0 Å². The summed E-state index contributed by atoms with van der Waals surface area (Å²) in [6.45, 7) is 4.24. The van der Waals surface area contributed by atoms with Crippen molar-refractivity contribution in [1.29, 1.82) is 0 Å². The van der Waals surface area contributed by atoms with Gasteiger partial charge >= 0.3 is 0 Å². The molecule has 29 heavy (non-hydrogen) atoms. The largest absolute Gasteiger partial charge is 0.492 e. The summed E-state index contributed by atoms with van der Waals surface area (Å²) in [4.78, 5) is 5.19. The number of ether oxygens (including phenoxy) is 1. The van der Waals surface area contributed by atoms with Gasteiger partial charge in [0.25, 0.3) is 0 Å². The molecule has 0 bridgehead atoms. The SMILES string of the molecule is CSc1ccc(C(c2ccc(OCCN3CCCCC3)cc2)c2cccs2)cc1. The van der Waals surface area contributed by atoms with Crippen molar-refractivity contribution >= 4 is 23.1 Å². The van der Waals surface area contributed by atoms with Crippen LogP contribution in [0.15, 0.2) is 70.9 Å². The highest BCUT2D eigenvalue weighted by Crippen LogP contribution is 2.36. The predicted molar refractivity (Wildman–Crippen MR) is 126 cm³/mol. The van der Waals surface area contributed by atoms with E-state index >= 15 is 0 Å². The molecule has 0 saturated carbocycles. The van der Waals surface area contributed by atoms with Crippen LogP contribution in [0.2, 0.25) is 0 Å². The van der Waals surface area contributed by atoms with Crippen LogP contribution < -0.4 is 4.74 Å². The van der Waals surface area contributed by atoms with Gasteiger partial charge in [0.05, 0.1) is 0 Å². The highest BCUT2D eigenvalue weighted by atomic mass is 32.2. The number of rotatable bonds is 8. The molecule has 4 rings (SSSR count). The van der Waals surface area contributed by atoms with Crippen LogP contribution in [0, 0.1) is 0 Å². The number of hydrogen-bond acceptors (Lipinski definition) is 4. The number of piperidine rings is 1. The van der Waals surface area contributed by atoms with E-state index in [2.05, 4.69) is 77.2 Å². The summed E-state index contributed by atoms with van der Waals surface area (Å²) in [5.41, 5.74) is 2.65. The van der Waals surface area contributed by atoms with E-state index in [9.17, 15) is 0 Å². The lowest BCUT2D eigenvalue weighted by Crippen LogP contribution is -2.33. The molecule has 2 nitrogen and oxygen atoms in total. The van der Waals surface area contributed by atoms with Crippen LogP contribution in [0.25, 0.3) is 0 Å². The second-order valence-corrected chi connectivity index (χ2v) is 9.40. The Hall–Kier alpha value is -1.75. The Morgan fingerprint density at radius 1 is 0.931 bits per heavy atom. The maximum atomic E-state index is 6.03. The maximum absolute atomic E-state index is 6.03. The third kappa shape index (κ3) is 5.44. The molecule has 0 aliphatic carbocycles. The summed E-state index contributed by atoms with van der Waals surface area (Å²) in [6, 6.07) is 22.1. The topological polar surface area (TPSA) is 12.5 Å². The van der Waals surface area contributed by atoms with Crippen molar-refractivity contribution in [2.45, 2.75) is 30.1 Å². The van der Waals surface area contributed by atoms with Crippen LogP contribution in [-0.4, -0.2) is 37.4 Å². The van der Waals surface area contributed by atoms with Gasteiger partial charge in [-0.2, -0.15) is 0 Å². The molecule has 0 N–H and O–H groups in total. The molecule has 0 spiro atoms. The number of thiophene rings is 1. The lowest BCUT2D eigenvalue weighted by Gasteiger charge is -2.26. The average molecular weight is 424 g/mol. The van der Waals surface area contributed by atoms with Gasteiger partial charge in [0.15, 0.2) is 0 Å². The van der Waals surface area contributed by atoms with E-state index in [-0.39, 0.29) is 5.92 Å². The molecular formula is C25H29NOS2. The first-order valence-corrected chi connectivity index (χ1v) is 12.6. The molecule has 4 heteroatoms. The van der Waals surface area contributed by atoms with Gasteiger partial charge in [0, 0.05) is 22.2 Å². The summed E-state index contributed by atoms with van der Waals surface area (Å²) in [7, 11) is 0. The maximum Gasteiger partial charge on any atom is 0.119 e. The van der Waals surface area contributed by atoms with Crippen LogP contribution in [-0.2, 0) is 0 Å². The Morgan fingerprint density at radius 3 is 2.24 bits per heavy atom. The highest BCUT2D eigenvalue weighted by molar-refractivity contribution is 7.98. The molecule has 1 atom stereocenters. The number of nitrogens with zero attached hydrogens (tertiary/aromatic N) is 1. The predicted octanol–water partition coefficient (Wildman–Crippen LogP) is 6.51. The Morgan fingerprint density at radius 2 is 1.62 bits per heavy atom. The fourth-order valence-corrected chi connectivity index (χ4v) is 5.29. The van der Waals surface area contributed by atoms with Crippen molar-refractivity contribution in [2.24, 2.45) is 0 Å². The van der Waals surface area contributed by atoms with Crippen LogP contribution in [0.5, 0.6) is 5.75 Å². The summed E-state index contributed by atoms with van der Waals surface area (Å²) in [5.74, 6) is 1.24. The van der Waals surface area contributed by atoms with Crippen molar-refractivity contribution in [1.82, 2.24) is 4.90 Å². The summed E-state index contributed by atoms with van der Waals surface area (Å²) in [6.07, 6.45) is 6.16. The van der Waals surface area contributed by atoms with Crippen LogP contribution >= 0.6 is 23.1 Å². The summed E-state index contributed by atoms with van der Waals surface area (Å²) < 4.78 is 6.03. The molecule has 152 valence electrons. The minimum Gasteiger partial charge on any atom is -0.492 e. The number of likely N-dealkylation sites (tertiary alicyclic amines) is 1. The first kappa shape index (κ1) is 20.5. The molecule has 1 aliphatic rings. The van der Waals surface area contributed by atoms with Gasteiger partial charge in [0.2, 0.25) is 0 Å². The van der Waals surface area contributed by atoms with Gasteiger partial charge < -0.3 is 4.74 Å². The number of hydrogen-bond donors (Lipinski definition) is 0. The third-order valence-corrected chi connectivity index (χ3v) is 7.30. The molecule has 1 aliphatic heterocycles. The minimum absolute atomic E-state index is 0.272. The highest BCUT2D eigenvalue weighted by Gasteiger charge is 2.18. The Bertz CT molecular complexity index is 853. The van der Waals surface area contributed by atoms with Crippen LogP contribution in [0.3, 0.4) is 0 Å². The van der Waals surface area contributed by atoms with Gasteiger partial charge in [-0.25, -0.2) is 0 Å². The first-order chi connectivity index (χ1) is 14.3. The smallest absolute Gasteiger partial charge is 0.119 e. The van der Waals surface area contributed by atoms with Crippen molar-refractivity contribution < 1.29 is 4.74 Å². The van der Waals surface area contributed by atoms with Crippen molar-refractivity contribution in [2.75, 3.05) is 32.5 Å². The third-order valence-electron chi connectivity index (χ3n) is 5.62. The molecule has 1 saturated heterocycles. The quantitative estimate of drug-likeness (QED) is 0.383. The van der Waals surface area contributed by atoms with Gasteiger partial charge in [-0.15, -0.1) is 23.1 Å². The van der Waals surface area contributed by atoms with Gasteiger partial charge in [0.1, 0.15) is 12.4 Å². The van der Waals surface area contributed by atoms with Crippen molar-refractivity contribution in [3.05, 3.63) is 82.0 Å². The average Bonchev–Trinajstić information content (AvgIpc) is 3.31. The molecule has 2 heterocycles. The molecular weight excluding hydrogens is 394 g/mol. The molecule has 0 amide bonds. The monoisotopic (exact) mass is 423 g/mol. The van der Waals surface area contributed by atoms with Gasteiger partial charge in [-0.1, -0.05) is 36.8 Å². The Balaban J connectivity index is 1.45. The standard InChI is InChI=1S/C25H29NOS2/c1-28-23-13-9-21(10-14-23)25(24-6-5-19-29-24)20-7-11-22(12-8-20)27-18-17-26-15-3-2-4-16-26/h5-14,19,25H,2-4,15-18H2,1H3. The molecule has 1 unspecified atom stereocenters. The molecule has 1 aromatic heterocycles. The normalized spacial score (nSPS) is 15.9. The van der Waals surface area contributed by atoms with E-state index in [0.717, 1.165) is 18.9 Å². The second-order valence-electron chi connectivity index (χ2n) is 7.54. The van der Waals surface area contributed by atoms with E-state index in [4.69, 9.17) is 4.74 Å².